The zero-order valence-electron chi connectivity index (χ0n) is 11.2. The third kappa shape index (κ3) is 9.56. The van der Waals surface area contributed by atoms with Crippen LogP contribution in [0, 0.1) is 10.8 Å². The predicted molar refractivity (Wildman–Crippen MR) is 74.8 cm³/mol. The molecule has 9 nitrogen and oxygen atoms in total. The maximum atomic E-state index is 9.92. The van der Waals surface area contributed by atoms with Crippen LogP contribution in [-0.4, -0.2) is 65.3 Å². The summed E-state index contributed by atoms with van der Waals surface area (Å²) in [6.45, 7) is 4.42. The molecule has 1 aliphatic rings. The van der Waals surface area contributed by atoms with Gasteiger partial charge in [-0.2, -0.15) is 0 Å². The van der Waals surface area contributed by atoms with Crippen molar-refractivity contribution >= 4 is 17.8 Å². The van der Waals surface area contributed by atoms with E-state index in [1.54, 1.807) is 0 Å². The van der Waals surface area contributed by atoms with Gasteiger partial charge in [0.15, 0.2) is 5.96 Å². The zero-order chi connectivity index (χ0) is 13.6. The second-order valence-corrected chi connectivity index (χ2v) is 3.86. The van der Waals surface area contributed by atoms with E-state index in [1.165, 1.54) is 7.05 Å². The van der Waals surface area contributed by atoms with Crippen LogP contribution in [0.5, 0.6) is 0 Å². The lowest BCUT2D eigenvalue weighted by atomic mass is 10.3. The van der Waals surface area contributed by atoms with Gasteiger partial charge in [0.1, 0.15) is 6.54 Å². The van der Waals surface area contributed by atoms with Crippen LogP contribution in [0.4, 0.5) is 0 Å². The summed E-state index contributed by atoms with van der Waals surface area (Å²) in [5.74, 6) is -0.542. The van der Waals surface area contributed by atoms with Gasteiger partial charge >= 0.3 is 5.97 Å². The van der Waals surface area contributed by atoms with Crippen LogP contribution in [0.2, 0.25) is 0 Å². The summed E-state index contributed by atoms with van der Waals surface area (Å²) in [5.41, 5.74) is 6.08. The van der Waals surface area contributed by atoms with E-state index in [0.29, 0.717) is 5.84 Å². The molecule has 1 aliphatic heterocycles. The molecule has 1 heterocycles. The number of likely N-dealkylation sites (N-methyl/N-ethyl adjacent to an activating group) is 2. The molecule has 9 heteroatoms. The molecule has 0 spiro atoms. The normalized spacial score (nSPS) is 12.6. The van der Waals surface area contributed by atoms with E-state index in [0.717, 1.165) is 23.4 Å². The van der Waals surface area contributed by atoms with Gasteiger partial charge in [-0.3, -0.25) is 15.6 Å². The van der Waals surface area contributed by atoms with E-state index < -0.39 is 5.97 Å². The first-order valence-corrected chi connectivity index (χ1v) is 4.96. The Labute approximate surface area is 111 Å². The van der Waals surface area contributed by atoms with Crippen LogP contribution < -0.4 is 5.73 Å². The summed E-state index contributed by atoms with van der Waals surface area (Å²) in [4.78, 5) is 13.0. The van der Waals surface area contributed by atoms with E-state index in [4.69, 9.17) is 21.7 Å². The van der Waals surface area contributed by atoms with Gasteiger partial charge in [0.2, 0.25) is 0 Å². The quantitative estimate of drug-likeness (QED) is 0.197. The number of carboxylic acids is 1. The smallest absolute Gasteiger partial charge is 0.323 e. The Balaban J connectivity index is -0.000000244. The van der Waals surface area contributed by atoms with Crippen molar-refractivity contribution in [2.75, 3.05) is 27.2 Å². The van der Waals surface area contributed by atoms with Crippen molar-refractivity contribution in [3.8, 4) is 0 Å². The average Bonchev–Trinajstić information content (AvgIpc) is 2.43. The van der Waals surface area contributed by atoms with E-state index in [9.17, 15) is 4.79 Å². The first-order chi connectivity index (χ1) is 7.73. The average molecular weight is 278 g/mol. The number of hydrogen-bond donors (Lipinski definition) is 4. The highest BCUT2D eigenvalue weighted by Crippen LogP contribution is 2.11. The molecule has 0 saturated carbocycles. The minimum Gasteiger partial charge on any atom is -0.480 e. The number of carboxylic acid groups (broad SMARTS) is 1. The van der Waals surface area contributed by atoms with Crippen molar-refractivity contribution in [3.63, 3.8) is 0 Å². The van der Waals surface area contributed by atoms with Crippen LogP contribution in [0.3, 0.4) is 0 Å². The number of rotatable bonds is 2. The SMILES string of the molecule is C=C1CC(=N)N(C)C1.CN(CC(=O)O)C(=N)N.O.[OH3+]. The highest BCUT2D eigenvalue weighted by Gasteiger charge is 2.14. The number of carbonyl (C=O) groups is 1. The monoisotopic (exact) mass is 278 g/mol. The summed E-state index contributed by atoms with van der Waals surface area (Å²) in [7, 11) is 3.36. The summed E-state index contributed by atoms with van der Waals surface area (Å²) >= 11 is 0. The third-order valence-electron chi connectivity index (χ3n) is 2.12. The Hall–Kier alpha value is -2.13. The Morgan fingerprint density at radius 3 is 2.21 bits per heavy atom. The molecule has 0 aliphatic carbocycles. The summed E-state index contributed by atoms with van der Waals surface area (Å²) < 4.78 is 0. The Bertz CT molecular complexity index is 345. The maximum absolute atomic E-state index is 9.92. The second kappa shape index (κ2) is 9.85. The molecule has 19 heavy (non-hydrogen) atoms. The molecule has 0 amide bonds. The van der Waals surface area contributed by atoms with Gasteiger partial charge in [-0.25, -0.2) is 0 Å². The van der Waals surface area contributed by atoms with Gasteiger partial charge < -0.3 is 31.6 Å². The second-order valence-electron chi connectivity index (χ2n) is 3.86. The van der Waals surface area contributed by atoms with Crippen LogP contribution in [0.15, 0.2) is 12.2 Å². The summed E-state index contributed by atoms with van der Waals surface area (Å²) in [6.07, 6.45) is 0.774. The van der Waals surface area contributed by atoms with Crippen LogP contribution in [0.25, 0.3) is 0 Å². The molecule has 1 rings (SSSR count). The molecule has 1 saturated heterocycles. The number of nitrogens with zero attached hydrogens (tertiary/aromatic N) is 2. The summed E-state index contributed by atoms with van der Waals surface area (Å²) in [5, 5.41) is 22.1. The maximum Gasteiger partial charge on any atom is 0.323 e. The number of amidine groups is 1. The molecule has 0 radical (unpaired) electrons. The predicted octanol–water partition coefficient (Wildman–Crippen LogP) is -1.99. The number of aliphatic carboxylic acids is 1. The molecule has 0 bridgehead atoms. The van der Waals surface area contributed by atoms with Crippen molar-refractivity contribution in [2.45, 2.75) is 6.42 Å². The largest absolute Gasteiger partial charge is 0.480 e. The van der Waals surface area contributed by atoms with Gasteiger partial charge in [0, 0.05) is 27.1 Å². The van der Waals surface area contributed by atoms with E-state index in [2.05, 4.69) is 6.58 Å². The topological polar surface area (TPSA) is 182 Å². The molecule has 0 unspecified atom stereocenters. The first-order valence-electron chi connectivity index (χ1n) is 4.96. The number of likely N-dealkylation sites (tertiary alicyclic amines) is 1. The fourth-order valence-electron chi connectivity index (χ4n) is 1.15. The minimum absolute atomic E-state index is 0. The lowest BCUT2D eigenvalue weighted by Gasteiger charge is -2.12. The van der Waals surface area contributed by atoms with Gasteiger partial charge in [-0.05, 0) is 0 Å². The van der Waals surface area contributed by atoms with Crippen LogP contribution in [-0.2, 0) is 10.3 Å². The van der Waals surface area contributed by atoms with E-state index >= 15 is 0 Å². The van der Waals surface area contributed by atoms with Gasteiger partial charge in [0.25, 0.3) is 0 Å². The molecule has 0 aromatic rings. The van der Waals surface area contributed by atoms with E-state index in [1.807, 2.05) is 11.9 Å². The fourth-order valence-corrected chi connectivity index (χ4v) is 1.15. The standard InChI is InChI=1S/C6H10N2.C4H9N3O2.2H2O/c1-5-3-6(7)8(2)4-5;1-7(4(5)6)2-3(8)9;;/h7H,1,3-4H2,2H3;2H2,1H3,(H3,5,6)(H,8,9);2*1H2/p+1. The van der Waals surface area contributed by atoms with Crippen molar-refractivity contribution in [1.29, 1.82) is 10.8 Å². The highest BCUT2D eigenvalue weighted by atomic mass is 16.4. The Morgan fingerprint density at radius 2 is 2.11 bits per heavy atom. The molecule has 1 fully saturated rings. The number of nitrogens with two attached hydrogens (primary N) is 1. The Kier molecular flexibility index (Phi) is 11.5. The molecule has 112 valence electrons. The van der Waals surface area contributed by atoms with Crippen LogP contribution in [0.1, 0.15) is 6.42 Å². The van der Waals surface area contributed by atoms with Gasteiger partial charge in [-0.15, -0.1) is 0 Å². The van der Waals surface area contributed by atoms with Crippen molar-refractivity contribution in [2.24, 2.45) is 5.73 Å². The molecular weight excluding hydrogens is 254 g/mol. The number of nitrogens with one attached hydrogen (secondary N) is 2. The van der Waals surface area contributed by atoms with Crippen molar-refractivity contribution in [3.05, 3.63) is 12.2 Å². The van der Waals surface area contributed by atoms with Crippen LogP contribution >= 0.6 is 0 Å². The zero-order valence-corrected chi connectivity index (χ0v) is 11.2. The highest BCUT2D eigenvalue weighted by molar-refractivity contribution is 5.84. The molecule has 0 aromatic heterocycles. The van der Waals surface area contributed by atoms with Crippen molar-refractivity contribution in [1.82, 2.24) is 9.80 Å². The third-order valence-corrected chi connectivity index (χ3v) is 2.12. The first kappa shape index (κ1) is 22.1. The van der Waals surface area contributed by atoms with Gasteiger partial charge in [-0.1, -0.05) is 12.2 Å². The number of hydrogen-bond acceptors (Lipinski definition) is 3. The fraction of sp³-hybridized carbons (Fsp3) is 0.500. The molecule has 10 N–H and O–H groups in total. The lowest BCUT2D eigenvalue weighted by Crippen LogP contribution is -2.36. The Morgan fingerprint density at radius 1 is 1.63 bits per heavy atom. The van der Waals surface area contributed by atoms with E-state index in [-0.39, 0.29) is 23.5 Å². The summed E-state index contributed by atoms with van der Waals surface area (Å²) in [6, 6.07) is 0. The van der Waals surface area contributed by atoms with Gasteiger partial charge in [0.05, 0.1) is 5.84 Å². The minimum atomic E-state index is -0.993. The molecular formula is C10H24N5O4+. The lowest BCUT2D eigenvalue weighted by molar-refractivity contribution is -0.137. The number of guanidine groups is 1. The van der Waals surface area contributed by atoms with Crippen molar-refractivity contribution < 1.29 is 20.9 Å². The molecule has 0 atom stereocenters. The molecule has 0 aromatic carbocycles.